The van der Waals surface area contributed by atoms with E-state index in [-0.39, 0.29) is 0 Å². The van der Waals surface area contributed by atoms with Crippen molar-refractivity contribution in [1.82, 2.24) is 0 Å². The molecule has 0 aromatic carbocycles. The Hall–Kier alpha value is -0.800. The van der Waals surface area contributed by atoms with Crippen molar-refractivity contribution in [2.24, 2.45) is 0 Å². The van der Waals surface area contributed by atoms with Gasteiger partial charge in [0.2, 0.25) is 0 Å². The average Bonchev–Trinajstić information content (AvgIpc) is 1.79. The van der Waals surface area contributed by atoms with Crippen molar-refractivity contribution >= 4 is 6.16 Å². The Balaban J connectivity index is 2.69. The van der Waals surface area contributed by atoms with Gasteiger partial charge in [-0.25, -0.2) is 4.79 Å². The van der Waals surface area contributed by atoms with Gasteiger partial charge in [-0.3, -0.25) is 0 Å². The highest BCUT2D eigenvalue weighted by Crippen LogP contribution is 2.27. The highest BCUT2D eigenvalue weighted by atomic mass is 19.2. The van der Waals surface area contributed by atoms with Crippen molar-refractivity contribution in [2.45, 2.75) is 25.8 Å². The second-order valence-corrected chi connectivity index (χ2v) is 2.10. The fourth-order valence-corrected chi connectivity index (χ4v) is 0.520. The van der Waals surface area contributed by atoms with E-state index in [2.05, 4.69) is 9.47 Å². The largest absolute Gasteiger partial charge is 0.511 e. The number of halogens is 1. The molecule has 1 heterocycles. The Bertz CT molecular complexity index is 143. The van der Waals surface area contributed by atoms with Gasteiger partial charge >= 0.3 is 6.16 Å². The van der Waals surface area contributed by atoms with Gasteiger partial charge in [0.1, 0.15) is 0 Å². The van der Waals surface area contributed by atoms with Gasteiger partial charge in [0.05, 0.1) is 0 Å². The molecule has 52 valence electrons. The highest BCUT2D eigenvalue weighted by molar-refractivity contribution is 5.62. The lowest BCUT2D eigenvalue weighted by Crippen LogP contribution is -2.28. The molecule has 0 unspecified atom stereocenters. The quantitative estimate of drug-likeness (QED) is 0.467. The van der Waals surface area contributed by atoms with Crippen LogP contribution in [0.2, 0.25) is 0 Å². The van der Waals surface area contributed by atoms with E-state index in [1.807, 2.05) is 0 Å². The first-order valence-corrected chi connectivity index (χ1v) is 2.61. The summed E-state index contributed by atoms with van der Waals surface area (Å²) in [6, 6.07) is 0. The monoisotopic (exact) mass is 134 g/mol. The first-order valence-electron chi connectivity index (χ1n) is 2.61. The van der Waals surface area contributed by atoms with Crippen LogP contribution >= 0.6 is 0 Å². The van der Waals surface area contributed by atoms with Crippen molar-refractivity contribution in [2.75, 3.05) is 0 Å². The van der Waals surface area contributed by atoms with Gasteiger partial charge in [0.15, 0.2) is 6.10 Å². The maximum absolute atomic E-state index is 12.7. The van der Waals surface area contributed by atoms with Crippen LogP contribution in [0.15, 0.2) is 0 Å². The highest BCUT2D eigenvalue weighted by Gasteiger charge is 2.45. The van der Waals surface area contributed by atoms with E-state index in [0.717, 1.165) is 6.92 Å². The Morgan fingerprint density at radius 2 is 2.33 bits per heavy atom. The Kier molecular flexibility index (Phi) is 1.12. The molecule has 2 atom stereocenters. The minimum Gasteiger partial charge on any atom is -0.424 e. The first kappa shape index (κ1) is 6.32. The minimum atomic E-state index is -1.95. The van der Waals surface area contributed by atoms with Gasteiger partial charge in [0.25, 0.3) is 5.85 Å². The number of cyclic esters (lactones) is 2. The van der Waals surface area contributed by atoms with Crippen LogP contribution in [0.3, 0.4) is 0 Å². The number of hydrogen-bond acceptors (Lipinski definition) is 3. The van der Waals surface area contributed by atoms with Gasteiger partial charge in [-0.2, -0.15) is 4.39 Å². The summed E-state index contributed by atoms with van der Waals surface area (Å²) in [6.07, 6.45) is -1.74. The summed E-state index contributed by atoms with van der Waals surface area (Å²) < 4.78 is 21.2. The molecule has 9 heavy (non-hydrogen) atoms. The van der Waals surface area contributed by atoms with Gasteiger partial charge in [-0.15, -0.1) is 0 Å². The number of ether oxygens (including phenoxy) is 2. The zero-order chi connectivity index (χ0) is 7.07. The summed E-state index contributed by atoms with van der Waals surface area (Å²) >= 11 is 0. The van der Waals surface area contributed by atoms with Crippen LogP contribution in [0, 0.1) is 0 Å². The summed E-state index contributed by atoms with van der Waals surface area (Å²) in [5.41, 5.74) is 0. The molecule has 1 rings (SSSR count). The van der Waals surface area contributed by atoms with Crippen molar-refractivity contribution in [1.29, 1.82) is 0 Å². The Morgan fingerprint density at radius 1 is 1.78 bits per heavy atom. The van der Waals surface area contributed by atoms with Crippen LogP contribution in [0.5, 0.6) is 0 Å². The normalized spacial score (nSPS) is 42.1. The van der Waals surface area contributed by atoms with Crippen LogP contribution < -0.4 is 0 Å². The molecule has 1 aliphatic heterocycles. The second-order valence-electron chi connectivity index (χ2n) is 2.10. The predicted molar refractivity (Wildman–Crippen MR) is 26.5 cm³/mol. The van der Waals surface area contributed by atoms with Crippen molar-refractivity contribution in [3.63, 3.8) is 0 Å². The average molecular weight is 134 g/mol. The van der Waals surface area contributed by atoms with Gasteiger partial charge in [-0.1, -0.05) is 0 Å². The molecule has 1 saturated heterocycles. The molecule has 0 amide bonds. The summed E-state index contributed by atoms with van der Waals surface area (Å²) in [5, 5.41) is 0. The number of carbonyl (C=O) groups is 1. The van der Waals surface area contributed by atoms with Crippen molar-refractivity contribution in [3.8, 4) is 0 Å². The number of hydrogen-bond donors (Lipinski definition) is 0. The lowest BCUT2D eigenvalue weighted by atomic mass is 10.2. The number of alkyl halides is 1. The van der Waals surface area contributed by atoms with E-state index in [0.29, 0.717) is 0 Å². The summed E-state index contributed by atoms with van der Waals surface area (Å²) in [6.45, 7) is 2.59. The third kappa shape index (κ3) is 0.966. The molecular weight excluding hydrogens is 127 g/mol. The summed E-state index contributed by atoms with van der Waals surface area (Å²) in [5.74, 6) is -1.95. The summed E-state index contributed by atoms with van der Waals surface area (Å²) in [7, 11) is 0. The molecule has 0 aliphatic carbocycles. The van der Waals surface area contributed by atoms with Crippen LogP contribution in [0.1, 0.15) is 13.8 Å². The van der Waals surface area contributed by atoms with Crippen LogP contribution in [0.25, 0.3) is 0 Å². The number of carbonyl (C=O) groups excluding carboxylic acids is 1. The molecule has 1 aliphatic rings. The van der Waals surface area contributed by atoms with Gasteiger partial charge in [-0.05, 0) is 6.92 Å². The fourth-order valence-electron chi connectivity index (χ4n) is 0.520. The molecule has 1 fully saturated rings. The van der Waals surface area contributed by atoms with E-state index in [1.54, 1.807) is 0 Å². The minimum absolute atomic E-state index is 0.801. The van der Waals surface area contributed by atoms with Crippen LogP contribution in [0.4, 0.5) is 9.18 Å². The number of rotatable bonds is 0. The molecule has 3 nitrogen and oxygen atoms in total. The van der Waals surface area contributed by atoms with Crippen molar-refractivity contribution in [3.05, 3.63) is 0 Å². The molecule has 0 saturated carbocycles. The topological polar surface area (TPSA) is 35.5 Å². The first-order chi connectivity index (χ1) is 4.02. The lowest BCUT2D eigenvalue weighted by molar-refractivity contribution is -0.0691. The molecule has 0 N–H and O–H groups in total. The Morgan fingerprint density at radius 3 is 2.44 bits per heavy atom. The summed E-state index contributed by atoms with van der Waals surface area (Å²) in [4.78, 5) is 10.2. The predicted octanol–water partition coefficient (Wildman–Crippen LogP) is 1.23. The lowest BCUT2D eigenvalue weighted by Gasteiger charge is -2.11. The zero-order valence-corrected chi connectivity index (χ0v) is 5.18. The molecule has 0 spiro atoms. The van der Waals surface area contributed by atoms with E-state index in [4.69, 9.17) is 0 Å². The third-order valence-corrected chi connectivity index (χ3v) is 1.28. The standard InChI is InChI=1S/C5H7FO3/c1-3-5(2,6)9-4(7)8-3/h3H,1-2H3/t3-,5-/m0/s1. The molecular formula is C5H7FO3. The SMILES string of the molecule is C[C@@H]1OC(=O)O[C@]1(C)F. The van der Waals surface area contributed by atoms with Gasteiger partial charge < -0.3 is 9.47 Å². The van der Waals surface area contributed by atoms with E-state index in [9.17, 15) is 9.18 Å². The zero-order valence-electron chi connectivity index (χ0n) is 5.18. The molecule has 4 heteroatoms. The molecule has 0 bridgehead atoms. The smallest absolute Gasteiger partial charge is 0.424 e. The maximum atomic E-state index is 12.7. The van der Waals surface area contributed by atoms with E-state index < -0.39 is 18.1 Å². The van der Waals surface area contributed by atoms with E-state index >= 15 is 0 Å². The molecule has 0 aromatic heterocycles. The second kappa shape index (κ2) is 1.59. The van der Waals surface area contributed by atoms with Crippen LogP contribution in [-0.4, -0.2) is 18.1 Å². The maximum Gasteiger partial charge on any atom is 0.511 e. The van der Waals surface area contributed by atoms with E-state index in [1.165, 1.54) is 6.92 Å². The molecule has 0 radical (unpaired) electrons. The fraction of sp³-hybridized carbons (Fsp3) is 0.800. The van der Waals surface area contributed by atoms with Gasteiger partial charge in [0, 0.05) is 6.92 Å². The van der Waals surface area contributed by atoms with Crippen LogP contribution in [-0.2, 0) is 9.47 Å². The third-order valence-electron chi connectivity index (χ3n) is 1.28. The van der Waals surface area contributed by atoms with Crippen molar-refractivity contribution < 1.29 is 18.7 Å². The Labute approximate surface area is 51.7 Å². The molecule has 0 aromatic rings.